The third-order valence-corrected chi connectivity index (χ3v) is 5.63. The first-order valence-corrected chi connectivity index (χ1v) is 10.6. The summed E-state index contributed by atoms with van der Waals surface area (Å²) in [4.78, 5) is 17.0. The van der Waals surface area contributed by atoms with Crippen molar-refractivity contribution in [1.29, 1.82) is 0 Å². The van der Waals surface area contributed by atoms with Crippen molar-refractivity contribution in [2.45, 2.75) is 78.3 Å². The molecular weight excluding hydrogens is 377 g/mol. The van der Waals surface area contributed by atoms with Crippen molar-refractivity contribution >= 4 is 11.7 Å². The van der Waals surface area contributed by atoms with E-state index in [9.17, 15) is 18.0 Å². The SMILES string of the molecule is CC(C)CCC(CC(C)C)C(=O)N=C(N)c1ccc(C(F)(F)F)cc1C1CCC1. The zero-order valence-electron chi connectivity index (χ0n) is 17.9. The predicted octanol–water partition coefficient (Wildman–Crippen LogP) is 6.30. The molecule has 6 heteroatoms. The minimum absolute atomic E-state index is 0.0314. The molecule has 1 aromatic carbocycles. The van der Waals surface area contributed by atoms with Gasteiger partial charge in [-0.15, -0.1) is 0 Å². The number of amides is 1. The number of hydrogen-bond acceptors (Lipinski definition) is 1. The standard InChI is InChI=1S/C23H33F3N2O/c1-14(2)8-9-17(12-15(3)4)22(29)28-21(27)19-11-10-18(23(24,25)26)13-20(19)16-6-5-7-16/h10-11,13-17H,5-9,12H2,1-4H3,(H2,27,28,29). The Balaban J connectivity index is 2.31. The molecule has 2 rings (SSSR count). The van der Waals surface area contributed by atoms with E-state index >= 15 is 0 Å². The number of alkyl halides is 3. The highest BCUT2D eigenvalue weighted by Gasteiger charge is 2.33. The molecule has 1 unspecified atom stereocenters. The number of carbonyl (C=O) groups excluding carboxylic acids is 1. The van der Waals surface area contributed by atoms with Gasteiger partial charge in [-0.25, -0.2) is 0 Å². The van der Waals surface area contributed by atoms with Crippen LogP contribution in [0.3, 0.4) is 0 Å². The fourth-order valence-corrected chi connectivity index (χ4v) is 3.75. The van der Waals surface area contributed by atoms with Gasteiger partial charge < -0.3 is 5.73 Å². The van der Waals surface area contributed by atoms with Crippen LogP contribution in [0.25, 0.3) is 0 Å². The van der Waals surface area contributed by atoms with Gasteiger partial charge in [0.2, 0.25) is 0 Å². The second kappa shape index (κ2) is 9.77. The number of benzene rings is 1. The van der Waals surface area contributed by atoms with Gasteiger partial charge in [-0.2, -0.15) is 18.2 Å². The van der Waals surface area contributed by atoms with Crippen molar-refractivity contribution in [2.24, 2.45) is 28.5 Å². The van der Waals surface area contributed by atoms with Crippen molar-refractivity contribution in [3.05, 3.63) is 34.9 Å². The lowest BCUT2D eigenvalue weighted by atomic mass is 9.77. The Morgan fingerprint density at radius 3 is 2.28 bits per heavy atom. The van der Waals surface area contributed by atoms with E-state index in [1.54, 1.807) is 0 Å². The number of nitrogens with zero attached hydrogens (tertiary/aromatic N) is 1. The first kappa shape index (κ1) is 23.4. The van der Waals surface area contributed by atoms with Gasteiger partial charge in [0.05, 0.1) is 5.56 Å². The first-order valence-electron chi connectivity index (χ1n) is 10.6. The Labute approximate surface area is 172 Å². The monoisotopic (exact) mass is 410 g/mol. The van der Waals surface area contributed by atoms with E-state index < -0.39 is 11.7 Å². The molecule has 1 saturated carbocycles. The normalized spacial score (nSPS) is 16.9. The minimum atomic E-state index is -4.40. The second-order valence-corrected chi connectivity index (χ2v) is 9.06. The molecule has 0 radical (unpaired) electrons. The molecule has 0 bridgehead atoms. The van der Waals surface area contributed by atoms with Crippen LogP contribution in [-0.2, 0) is 11.0 Å². The van der Waals surface area contributed by atoms with Gasteiger partial charge in [-0.05, 0) is 61.1 Å². The summed E-state index contributed by atoms with van der Waals surface area (Å²) in [6.07, 6.45) is 0.644. The molecule has 0 saturated heterocycles. The van der Waals surface area contributed by atoms with E-state index in [0.29, 0.717) is 23.0 Å². The van der Waals surface area contributed by atoms with E-state index in [-0.39, 0.29) is 23.6 Å². The molecule has 0 spiro atoms. The summed E-state index contributed by atoms with van der Waals surface area (Å²) < 4.78 is 39.5. The molecule has 162 valence electrons. The van der Waals surface area contributed by atoms with Gasteiger partial charge in [0.15, 0.2) is 0 Å². The smallest absolute Gasteiger partial charge is 0.383 e. The lowest BCUT2D eigenvalue weighted by Crippen LogP contribution is -2.24. The Kier molecular flexibility index (Phi) is 7.89. The molecule has 2 N–H and O–H groups in total. The third kappa shape index (κ3) is 6.58. The average molecular weight is 411 g/mol. The molecule has 0 aliphatic heterocycles. The van der Waals surface area contributed by atoms with Crippen LogP contribution in [0.15, 0.2) is 23.2 Å². The number of hydrogen-bond donors (Lipinski definition) is 1. The molecule has 1 amide bonds. The van der Waals surface area contributed by atoms with Crippen molar-refractivity contribution in [3.8, 4) is 0 Å². The molecule has 0 heterocycles. The largest absolute Gasteiger partial charge is 0.416 e. The van der Waals surface area contributed by atoms with E-state index in [4.69, 9.17) is 5.73 Å². The number of carbonyl (C=O) groups is 1. The summed E-state index contributed by atoms with van der Waals surface area (Å²) in [5.41, 5.74) is 6.48. The number of rotatable bonds is 8. The second-order valence-electron chi connectivity index (χ2n) is 9.06. The summed E-state index contributed by atoms with van der Waals surface area (Å²) >= 11 is 0. The first-order chi connectivity index (χ1) is 13.5. The molecule has 29 heavy (non-hydrogen) atoms. The van der Waals surface area contributed by atoms with Crippen LogP contribution in [0.2, 0.25) is 0 Å². The zero-order chi connectivity index (χ0) is 21.8. The van der Waals surface area contributed by atoms with Crippen LogP contribution in [0, 0.1) is 17.8 Å². The van der Waals surface area contributed by atoms with Gasteiger partial charge >= 0.3 is 6.18 Å². The number of halogens is 3. The third-order valence-electron chi connectivity index (χ3n) is 5.63. The maximum absolute atomic E-state index is 13.2. The Hall–Kier alpha value is -1.85. The molecule has 1 fully saturated rings. The van der Waals surface area contributed by atoms with E-state index in [1.807, 2.05) is 0 Å². The number of nitrogens with two attached hydrogens (primary N) is 1. The van der Waals surface area contributed by atoms with Crippen molar-refractivity contribution < 1.29 is 18.0 Å². The van der Waals surface area contributed by atoms with E-state index in [1.165, 1.54) is 12.1 Å². The molecule has 1 aliphatic carbocycles. The molecule has 1 aliphatic rings. The molecule has 1 atom stereocenters. The van der Waals surface area contributed by atoms with Crippen molar-refractivity contribution in [3.63, 3.8) is 0 Å². The van der Waals surface area contributed by atoms with Gasteiger partial charge in [0.25, 0.3) is 5.91 Å². The fourth-order valence-electron chi connectivity index (χ4n) is 3.75. The highest BCUT2D eigenvalue weighted by molar-refractivity contribution is 6.05. The zero-order valence-corrected chi connectivity index (χ0v) is 17.9. The molecule has 0 aromatic heterocycles. The number of amidine groups is 1. The van der Waals surface area contributed by atoms with Crippen LogP contribution in [0.5, 0.6) is 0 Å². The van der Waals surface area contributed by atoms with Crippen molar-refractivity contribution in [1.82, 2.24) is 0 Å². The minimum Gasteiger partial charge on any atom is -0.383 e. The quantitative estimate of drug-likeness (QED) is 0.404. The lowest BCUT2D eigenvalue weighted by Gasteiger charge is -2.28. The van der Waals surface area contributed by atoms with Crippen LogP contribution < -0.4 is 5.73 Å². The molecule has 3 nitrogen and oxygen atoms in total. The predicted molar refractivity (Wildman–Crippen MR) is 111 cm³/mol. The van der Waals surface area contributed by atoms with Crippen LogP contribution >= 0.6 is 0 Å². The molecular formula is C23H33F3N2O. The topological polar surface area (TPSA) is 55.5 Å². The average Bonchev–Trinajstić information content (AvgIpc) is 2.55. The highest BCUT2D eigenvalue weighted by Crippen LogP contribution is 2.40. The van der Waals surface area contributed by atoms with Crippen LogP contribution in [0.4, 0.5) is 13.2 Å². The van der Waals surface area contributed by atoms with E-state index in [2.05, 4.69) is 32.7 Å². The number of aliphatic imine (C=N–C) groups is 1. The lowest BCUT2D eigenvalue weighted by molar-refractivity contribution is -0.137. The summed E-state index contributed by atoms with van der Waals surface area (Å²) in [6.45, 7) is 8.35. The fraction of sp³-hybridized carbons (Fsp3) is 0.652. The van der Waals surface area contributed by atoms with Crippen LogP contribution in [0.1, 0.15) is 88.8 Å². The Bertz CT molecular complexity index is 734. The van der Waals surface area contributed by atoms with Gasteiger partial charge in [-0.3, -0.25) is 4.79 Å². The van der Waals surface area contributed by atoms with Gasteiger partial charge in [0, 0.05) is 11.5 Å². The maximum atomic E-state index is 13.2. The summed E-state index contributed by atoms with van der Waals surface area (Å²) in [5.74, 6) is 0.435. The molecule has 1 aromatic rings. The maximum Gasteiger partial charge on any atom is 0.416 e. The summed E-state index contributed by atoms with van der Waals surface area (Å²) in [6, 6.07) is 3.57. The van der Waals surface area contributed by atoms with E-state index in [0.717, 1.165) is 44.6 Å². The highest BCUT2D eigenvalue weighted by atomic mass is 19.4. The van der Waals surface area contributed by atoms with Gasteiger partial charge in [-0.1, -0.05) is 46.6 Å². The Morgan fingerprint density at radius 1 is 1.14 bits per heavy atom. The summed E-state index contributed by atoms with van der Waals surface area (Å²) in [7, 11) is 0. The van der Waals surface area contributed by atoms with Gasteiger partial charge in [0.1, 0.15) is 5.84 Å². The van der Waals surface area contributed by atoms with Crippen LogP contribution in [-0.4, -0.2) is 11.7 Å². The van der Waals surface area contributed by atoms with Crippen molar-refractivity contribution in [2.75, 3.05) is 0 Å². The Morgan fingerprint density at radius 2 is 1.79 bits per heavy atom. The summed E-state index contributed by atoms with van der Waals surface area (Å²) in [5, 5.41) is 0.